The molecule has 1 aromatic heterocycles. The van der Waals surface area contributed by atoms with Crippen LogP contribution in [0.5, 0.6) is 5.75 Å². The predicted octanol–water partition coefficient (Wildman–Crippen LogP) is 1.78. The summed E-state index contributed by atoms with van der Waals surface area (Å²) >= 11 is 0. The number of nitrogens with zero attached hydrogens (tertiary/aromatic N) is 2. The number of rotatable bonds is 12. The molecule has 0 fully saturated rings. The van der Waals surface area contributed by atoms with Crippen molar-refractivity contribution in [3.63, 3.8) is 0 Å². The highest BCUT2D eigenvalue weighted by atomic mass is 16.5. The number of methoxy groups -OCH3 is 1. The predicted molar refractivity (Wildman–Crippen MR) is 142 cm³/mol. The minimum Gasteiger partial charge on any atom is -0.493 e. The molecule has 0 aliphatic heterocycles. The zero-order valence-electron chi connectivity index (χ0n) is 21.7. The molecule has 11 heteroatoms. The van der Waals surface area contributed by atoms with Crippen LogP contribution in [0.2, 0.25) is 0 Å². The van der Waals surface area contributed by atoms with E-state index in [0.717, 1.165) is 26.2 Å². The third-order valence-electron chi connectivity index (χ3n) is 5.75. The first kappa shape index (κ1) is 28.2. The van der Waals surface area contributed by atoms with Crippen molar-refractivity contribution in [2.24, 2.45) is 0 Å². The monoisotopic (exact) mass is 524 g/mol. The van der Waals surface area contributed by atoms with E-state index in [4.69, 9.17) is 19.9 Å². The second-order valence-corrected chi connectivity index (χ2v) is 8.63. The molecule has 0 aliphatic rings. The molecule has 3 rings (SSSR count). The molecule has 11 nitrogen and oxygen atoms in total. The van der Waals surface area contributed by atoms with E-state index in [0.29, 0.717) is 5.75 Å². The quantitative estimate of drug-likeness (QED) is 0.341. The van der Waals surface area contributed by atoms with E-state index in [-0.39, 0.29) is 44.2 Å². The zero-order chi connectivity index (χ0) is 27.7. The van der Waals surface area contributed by atoms with Crippen LogP contribution in [0.3, 0.4) is 0 Å². The number of amides is 1. The molecule has 202 valence electrons. The van der Waals surface area contributed by atoms with Crippen LogP contribution < -0.4 is 26.6 Å². The molecule has 0 atom stereocenters. The van der Waals surface area contributed by atoms with Crippen LogP contribution in [-0.4, -0.2) is 54.9 Å². The van der Waals surface area contributed by atoms with E-state index in [1.165, 1.54) is 7.11 Å². The van der Waals surface area contributed by atoms with Crippen LogP contribution >= 0.6 is 0 Å². The van der Waals surface area contributed by atoms with E-state index < -0.39 is 29.7 Å². The van der Waals surface area contributed by atoms with Gasteiger partial charge in [0.2, 0.25) is 0 Å². The Balaban J connectivity index is 1.71. The number of aryl methyl sites for hydroxylation is 2. The Kier molecular flexibility index (Phi) is 9.83. The number of H-pyrrole nitrogens is 1. The van der Waals surface area contributed by atoms with Gasteiger partial charge in [-0.2, -0.15) is 0 Å². The van der Waals surface area contributed by atoms with Crippen LogP contribution in [0.1, 0.15) is 23.1 Å². The van der Waals surface area contributed by atoms with Crippen molar-refractivity contribution in [3.05, 3.63) is 86.1 Å². The fourth-order valence-electron chi connectivity index (χ4n) is 3.70. The van der Waals surface area contributed by atoms with E-state index in [9.17, 15) is 19.2 Å². The lowest BCUT2D eigenvalue weighted by atomic mass is 10.1. The molecule has 1 heterocycles. The number of ether oxygens (including phenoxy) is 3. The van der Waals surface area contributed by atoms with Crippen molar-refractivity contribution < 1.29 is 23.8 Å². The summed E-state index contributed by atoms with van der Waals surface area (Å²) in [5.41, 5.74) is 7.18. The molecule has 0 bridgehead atoms. The zero-order valence-corrected chi connectivity index (χ0v) is 21.7. The number of hydrogen-bond donors (Lipinski definition) is 2. The summed E-state index contributed by atoms with van der Waals surface area (Å²) in [7, 11) is 1.43. The number of carbonyl (C=O) groups excluding carboxylic acids is 2. The molecular formula is C27H32N4O7. The van der Waals surface area contributed by atoms with Gasteiger partial charge in [0.25, 0.3) is 11.5 Å². The maximum Gasteiger partial charge on any atom is 0.330 e. The lowest BCUT2D eigenvalue weighted by Crippen LogP contribution is -2.44. The highest BCUT2D eigenvalue weighted by molar-refractivity contribution is 5.97. The minimum atomic E-state index is -0.838. The molecule has 3 N–H and O–H groups in total. The van der Waals surface area contributed by atoms with Crippen molar-refractivity contribution in [1.82, 2.24) is 9.55 Å². The topological polar surface area (TPSA) is 146 Å². The van der Waals surface area contributed by atoms with Crippen molar-refractivity contribution in [2.75, 3.05) is 44.1 Å². The summed E-state index contributed by atoms with van der Waals surface area (Å²) in [6.07, 6.45) is -0.0800. The van der Waals surface area contributed by atoms with Gasteiger partial charge in [0.15, 0.2) is 12.3 Å². The molecule has 0 saturated heterocycles. The molecular weight excluding hydrogens is 492 g/mol. The fraction of sp³-hybridized carbons (Fsp3) is 0.333. The molecule has 2 aromatic carbocycles. The lowest BCUT2D eigenvalue weighted by Gasteiger charge is -2.24. The van der Waals surface area contributed by atoms with Gasteiger partial charge in [0.1, 0.15) is 11.6 Å². The third-order valence-corrected chi connectivity index (χ3v) is 5.75. The normalized spacial score (nSPS) is 10.7. The minimum absolute atomic E-state index is 0.0561. The molecule has 0 spiro atoms. The Bertz CT molecular complexity index is 1380. The number of aromatic nitrogens is 2. The highest BCUT2D eigenvalue weighted by Crippen LogP contribution is 2.20. The summed E-state index contributed by atoms with van der Waals surface area (Å²) in [6.45, 7) is 3.37. The second kappa shape index (κ2) is 13.2. The smallest absolute Gasteiger partial charge is 0.330 e. The van der Waals surface area contributed by atoms with E-state index >= 15 is 0 Å². The van der Waals surface area contributed by atoms with Crippen molar-refractivity contribution in [1.29, 1.82) is 0 Å². The number of anilines is 2. The Morgan fingerprint density at radius 2 is 1.79 bits per heavy atom. The van der Waals surface area contributed by atoms with Gasteiger partial charge < -0.3 is 19.9 Å². The SMILES string of the molecule is COCCN(C(=O)COC(=O)CCOc1cc(C)ccc1C)c1c(N)n(Cc2ccccc2)c(=O)[nH]c1=O. The highest BCUT2D eigenvalue weighted by Gasteiger charge is 2.25. The second-order valence-electron chi connectivity index (χ2n) is 8.63. The Morgan fingerprint density at radius 3 is 2.50 bits per heavy atom. The van der Waals surface area contributed by atoms with Crippen LogP contribution in [-0.2, 0) is 25.6 Å². The van der Waals surface area contributed by atoms with Gasteiger partial charge in [0.05, 0.1) is 26.2 Å². The molecule has 38 heavy (non-hydrogen) atoms. The molecule has 3 aromatic rings. The number of aromatic amines is 1. The largest absolute Gasteiger partial charge is 0.493 e. The maximum atomic E-state index is 13.1. The van der Waals surface area contributed by atoms with Crippen LogP contribution in [0.4, 0.5) is 11.5 Å². The number of nitrogen functional groups attached to an aromatic ring is 1. The fourth-order valence-corrected chi connectivity index (χ4v) is 3.70. The van der Waals surface area contributed by atoms with E-state index in [2.05, 4.69) is 4.98 Å². The standard InChI is InChI=1S/C27H32N4O7/c1-18-9-10-19(2)21(15-18)37-13-11-23(33)38-17-22(32)30(12-14-36-3)24-25(28)31(27(35)29-26(24)34)16-20-7-5-4-6-8-20/h4-10,15H,11-14,16-17,28H2,1-3H3,(H,29,34,35). The summed E-state index contributed by atoms with van der Waals surface area (Å²) in [5.74, 6) is -0.875. The number of hydrogen-bond acceptors (Lipinski definition) is 8. The average Bonchev–Trinajstić information content (AvgIpc) is 2.89. The Hall–Kier alpha value is -4.38. The number of benzene rings is 2. The summed E-state index contributed by atoms with van der Waals surface area (Å²) in [4.78, 5) is 53.8. The van der Waals surface area contributed by atoms with Crippen LogP contribution in [0.25, 0.3) is 0 Å². The van der Waals surface area contributed by atoms with Crippen LogP contribution in [0.15, 0.2) is 58.1 Å². The summed E-state index contributed by atoms with van der Waals surface area (Å²) in [5, 5.41) is 0. The number of carbonyl (C=O) groups is 2. The summed E-state index contributed by atoms with van der Waals surface area (Å²) < 4.78 is 17.0. The Labute approximate surface area is 219 Å². The van der Waals surface area contributed by atoms with Gasteiger partial charge in [-0.3, -0.25) is 28.8 Å². The van der Waals surface area contributed by atoms with Gasteiger partial charge in [-0.15, -0.1) is 0 Å². The number of esters is 1. The van der Waals surface area contributed by atoms with Crippen molar-refractivity contribution in [2.45, 2.75) is 26.8 Å². The molecule has 0 unspecified atom stereocenters. The third kappa shape index (κ3) is 7.32. The van der Waals surface area contributed by atoms with Crippen LogP contribution in [0, 0.1) is 13.8 Å². The van der Waals surface area contributed by atoms with E-state index in [1.807, 2.05) is 38.1 Å². The molecule has 0 aliphatic carbocycles. The van der Waals surface area contributed by atoms with Gasteiger partial charge in [0, 0.05) is 13.7 Å². The first-order chi connectivity index (χ1) is 18.2. The molecule has 1 amide bonds. The summed E-state index contributed by atoms with van der Waals surface area (Å²) in [6, 6.07) is 14.8. The first-order valence-corrected chi connectivity index (χ1v) is 12.0. The average molecular weight is 525 g/mol. The van der Waals surface area contributed by atoms with Gasteiger partial charge in [-0.25, -0.2) is 4.79 Å². The van der Waals surface area contributed by atoms with Gasteiger partial charge >= 0.3 is 11.7 Å². The molecule has 0 saturated carbocycles. The van der Waals surface area contributed by atoms with E-state index in [1.54, 1.807) is 24.3 Å². The lowest BCUT2D eigenvalue weighted by molar-refractivity contribution is -0.148. The number of nitrogens with one attached hydrogen (secondary N) is 1. The van der Waals surface area contributed by atoms with Gasteiger partial charge in [-0.05, 0) is 36.6 Å². The van der Waals surface area contributed by atoms with Crippen molar-refractivity contribution >= 4 is 23.4 Å². The first-order valence-electron chi connectivity index (χ1n) is 12.0. The van der Waals surface area contributed by atoms with Crippen molar-refractivity contribution in [3.8, 4) is 5.75 Å². The van der Waals surface area contributed by atoms with Gasteiger partial charge in [-0.1, -0.05) is 42.5 Å². The Morgan fingerprint density at radius 1 is 1.05 bits per heavy atom. The number of nitrogens with two attached hydrogens (primary N) is 1. The maximum absolute atomic E-state index is 13.1. The molecule has 0 radical (unpaired) electrons.